The largest absolute Gasteiger partial charge is 0.508 e. The number of hydrogen-bond donors (Lipinski definition) is 3. The highest BCUT2D eigenvalue weighted by Gasteiger charge is 2.37. The number of carbonyl (C=O) groups excluding carboxylic acids is 3. The summed E-state index contributed by atoms with van der Waals surface area (Å²) in [5.41, 5.74) is 0.977. The van der Waals surface area contributed by atoms with Gasteiger partial charge in [-0.3, -0.25) is 9.59 Å². The molecule has 0 aromatic heterocycles. The van der Waals surface area contributed by atoms with E-state index in [-0.39, 0.29) is 18.2 Å². The van der Waals surface area contributed by atoms with Crippen molar-refractivity contribution < 1.29 is 24.2 Å². The van der Waals surface area contributed by atoms with Crippen LogP contribution in [0.4, 0.5) is 10.5 Å². The Balaban J connectivity index is 2.50. The summed E-state index contributed by atoms with van der Waals surface area (Å²) in [7, 11) is 0. The molecule has 2 rings (SSSR count). The number of ether oxygens (including phenoxy) is 1. The number of aromatic hydroxyl groups is 1. The van der Waals surface area contributed by atoms with Gasteiger partial charge in [-0.15, -0.1) is 0 Å². The van der Waals surface area contributed by atoms with Crippen molar-refractivity contribution in [1.29, 1.82) is 0 Å². The molecule has 0 heterocycles. The molecule has 3 amide bonds. The van der Waals surface area contributed by atoms with Gasteiger partial charge in [0, 0.05) is 6.54 Å². The smallest absolute Gasteiger partial charge is 0.408 e. The summed E-state index contributed by atoms with van der Waals surface area (Å²) in [6.07, 6.45) is -0.0990. The van der Waals surface area contributed by atoms with Crippen molar-refractivity contribution in [3.05, 3.63) is 58.6 Å². The zero-order valence-electron chi connectivity index (χ0n) is 22.6. The summed E-state index contributed by atoms with van der Waals surface area (Å²) in [4.78, 5) is 41.7. The summed E-state index contributed by atoms with van der Waals surface area (Å²) < 4.78 is 5.39. The number of anilines is 1. The van der Waals surface area contributed by atoms with Gasteiger partial charge in [0.15, 0.2) is 0 Å². The van der Waals surface area contributed by atoms with Crippen LogP contribution < -0.4 is 10.6 Å². The minimum atomic E-state index is -1.05. The Morgan fingerprint density at radius 1 is 1.08 bits per heavy atom. The lowest BCUT2D eigenvalue weighted by Crippen LogP contribution is -2.54. The average molecular weight is 532 g/mol. The standard InChI is InChI=1S/C28H38ClN3O5/c1-8-17(3)23(31-27(36)37-28(5,6)7)26(35)32(9-2)24(19-13-15-20(33)16-14-19)25(34)30-22-18(4)11-10-12-21(22)29/h10-17,23-24,33H,8-9H2,1-7H3,(H,30,34)(H,31,36). The predicted octanol–water partition coefficient (Wildman–Crippen LogP) is 5.82. The van der Waals surface area contributed by atoms with Crippen molar-refractivity contribution in [2.24, 2.45) is 5.92 Å². The second-order valence-electron chi connectivity index (χ2n) is 10.0. The molecule has 3 unspecified atom stereocenters. The third-order valence-electron chi connectivity index (χ3n) is 6.01. The van der Waals surface area contributed by atoms with E-state index in [9.17, 15) is 19.5 Å². The van der Waals surface area contributed by atoms with E-state index in [4.69, 9.17) is 16.3 Å². The number of para-hydroxylation sites is 1. The predicted molar refractivity (Wildman–Crippen MR) is 146 cm³/mol. The number of nitrogens with zero attached hydrogens (tertiary/aromatic N) is 1. The number of aryl methyl sites for hydroxylation is 1. The molecule has 0 fully saturated rings. The average Bonchev–Trinajstić information content (AvgIpc) is 2.82. The number of carbonyl (C=O) groups is 3. The van der Waals surface area contributed by atoms with E-state index < -0.39 is 35.6 Å². The van der Waals surface area contributed by atoms with Crippen molar-refractivity contribution >= 4 is 35.2 Å². The van der Waals surface area contributed by atoms with E-state index in [2.05, 4.69) is 10.6 Å². The van der Waals surface area contributed by atoms with Gasteiger partial charge in [-0.1, -0.05) is 56.1 Å². The molecule has 3 N–H and O–H groups in total. The number of rotatable bonds is 9. The molecule has 0 aliphatic heterocycles. The van der Waals surface area contributed by atoms with E-state index in [0.29, 0.717) is 22.7 Å². The highest BCUT2D eigenvalue weighted by Crippen LogP contribution is 2.30. The first kappa shape index (κ1) is 30.0. The number of benzene rings is 2. The lowest BCUT2D eigenvalue weighted by molar-refractivity contribution is -0.141. The fraction of sp³-hybridized carbons (Fsp3) is 0.464. The van der Waals surface area contributed by atoms with Crippen molar-refractivity contribution in [3.8, 4) is 5.75 Å². The van der Waals surface area contributed by atoms with Crippen molar-refractivity contribution in [3.63, 3.8) is 0 Å². The van der Waals surface area contributed by atoms with Gasteiger partial charge in [0.2, 0.25) is 5.91 Å². The summed E-state index contributed by atoms with van der Waals surface area (Å²) in [5.74, 6) is -1.10. The maximum atomic E-state index is 13.9. The van der Waals surface area contributed by atoms with Crippen molar-refractivity contribution in [2.75, 3.05) is 11.9 Å². The number of halogens is 1. The van der Waals surface area contributed by atoms with Gasteiger partial charge >= 0.3 is 6.09 Å². The fourth-order valence-corrected chi connectivity index (χ4v) is 4.14. The Kier molecular flexibility index (Phi) is 10.4. The second-order valence-corrected chi connectivity index (χ2v) is 10.5. The minimum Gasteiger partial charge on any atom is -0.508 e. The van der Waals surface area contributed by atoms with Gasteiger partial charge in [-0.25, -0.2) is 4.79 Å². The Bertz CT molecular complexity index is 1080. The molecule has 0 bridgehead atoms. The number of nitrogens with one attached hydrogen (secondary N) is 2. The molecule has 2 aromatic carbocycles. The Labute approximate surface area is 224 Å². The third kappa shape index (κ3) is 8.12. The Morgan fingerprint density at radius 3 is 2.22 bits per heavy atom. The monoisotopic (exact) mass is 531 g/mol. The summed E-state index contributed by atoms with van der Waals surface area (Å²) in [6.45, 7) is 12.8. The summed E-state index contributed by atoms with van der Waals surface area (Å²) in [5, 5.41) is 15.8. The summed E-state index contributed by atoms with van der Waals surface area (Å²) in [6, 6.07) is 9.40. The van der Waals surface area contributed by atoms with E-state index in [1.165, 1.54) is 17.0 Å². The SMILES string of the molecule is CCC(C)C(NC(=O)OC(C)(C)C)C(=O)N(CC)C(C(=O)Nc1c(C)cccc1Cl)c1ccc(O)cc1. The van der Waals surface area contributed by atoms with Crippen LogP contribution in [0.25, 0.3) is 0 Å². The molecule has 3 atom stereocenters. The molecule has 9 heteroatoms. The van der Waals surface area contributed by atoms with Crippen LogP contribution in [0.1, 0.15) is 65.1 Å². The van der Waals surface area contributed by atoms with Crippen LogP contribution in [0.15, 0.2) is 42.5 Å². The number of phenols is 1. The number of hydrogen-bond acceptors (Lipinski definition) is 5. The van der Waals surface area contributed by atoms with E-state index >= 15 is 0 Å². The molecule has 8 nitrogen and oxygen atoms in total. The topological polar surface area (TPSA) is 108 Å². The lowest BCUT2D eigenvalue weighted by atomic mass is 9.95. The molecule has 37 heavy (non-hydrogen) atoms. The first-order chi connectivity index (χ1) is 17.3. The van der Waals surface area contributed by atoms with Crippen LogP contribution in [0, 0.1) is 12.8 Å². The zero-order chi connectivity index (χ0) is 27.9. The first-order valence-corrected chi connectivity index (χ1v) is 12.8. The van der Waals surface area contributed by atoms with Gasteiger partial charge in [0.25, 0.3) is 5.91 Å². The first-order valence-electron chi connectivity index (χ1n) is 12.4. The third-order valence-corrected chi connectivity index (χ3v) is 6.33. The maximum Gasteiger partial charge on any atom is 0.408 e. The highest BCUT2D eigenvalue weighted by molar-refractivity contribution is 6.34. The van der Waals surface area contributed by atoms with Crippen molar-refractivity contribution in [1.82, 2.24) is 10.2 Å². The molecule has 202 valence electrons. The maximum absolute atomic E-state index is 13.9. The van der Waals surface area contributed by atoms with Crippen LogP contribution in [-0.2, 0) is 14.3 Å². The normalized spacial score (nSPS) is 13.7. The minimum absolute atomic E-state index is 0.0308. The van der Waals surface area contributed by atoms with E-state index in [1.54, 1.807) is 52.0 Å². The van der Waals surface area contributed by atoms with Crippen LogP contribution in [0.2, 0.25) is 5.02 Å². The Morgan fingerprint density at radius 2 is 1.70 bits per heavy atom. The van der Waals surface area contributed by atoms with Crippen LogP contribution in [-0.4, -0.2) is 46.1 Å². The lowest BCUT2D eigenvalue weighted by Gasteiger charge is -2.35. The fourth-order valence-electron chi connectivity index (χ4n) is 3.87. The van der Waals surface area contributed by atoms with Crippen LogP contribution >= 0.6 is 11.6 Å². The second kappa shape index (κ2) is 12.8. The molecule has 0 spiro atoms. The van der Waals surface area contributed by atoms with Gasteiger partial charge in [-0.2, -0.15) is 0 Å². The van der Waals surface area contributed by atoms with Crippen molar-refractivity contribution in [2.45, 2.75) is 72.6 Å². The van der Waals surface area contributed by atoms with E-state index in [0.717, 1.165) is 5.56 Å². The van der Waals surface area contributed by atoms with Crippen LogP contribution in [0.3, 0.4) is 0 Å². The molecule has 2 aromatic rings. The molecule has 0 saturated carbocycles. The Hall–Kier alpha value is -3.26. The van der Waals surface area contributed by atoms with Gasteiger partial charge in [-0.05, 0) is 69.9 Å². The van der Waals surface area contributed by atoms with Gasteiger partial charge < -0.3 is 25.4 Å². The molecular formula is C28H38ClN3O5. The van der Waals surface area contributed by atoms with E-state index in [1.807, 2.05) is 26.8 Å². The summed E-state index contributed by atoms with van der Waals surface area (Å²) >= 11 is 6.35. The molecule has 0 aliphatic carbocycles. The quantitative estimate of drug-likeness (QED) is 0.378. The zero-order valence-corrected chi connectivity index (χ0v) is 23.3. The molecular weight excluding hydrogens is 494 g/mol. The number of phenolic OH excluding ortho intramolecular Hbond substituents is 1. The highest BCUT2D eigenvalue weighted by atomic mass is 35.5. The number of likely N-dealkylation sites (N-methyl/N-ethyl adjacent to an activating group) is 1. The molecule has 0 saturated heterocycles. The van der Waals surface area contributed by atoms with Crippen LogP contribution in [0.5, 0.6) is 5.75 Å². The molecule has 0 aliphatic rings. The molecule has 0 radical (unpaired) electrons. The van der Waals surface area contributed by atoms with Gasteiger partial charge in [0.1, 0.15) is 23.4 Å². The van der Waals surface area contributed by atoms with Gasteiger partial charge in [0.05, 0.1) is 10.7 Å². The number of alkyl carbamates (subject to hydrolysis) is 1. The number of amides is 3.